The highest BCUT2D eigenvalue weighted by atomic mass is 16.5. The molecule has 1 atom stereocenters. The number of carbonyl (C=O) groups is 2. The van der Waals surface area contributed by atoms with Crippen LogP contribution in [-0.2, 0) is 16.0 Å². The summed E-state index contributed by atoms with van der Waals surface area (Å²) in [5, 5.41) is 1.53. The van der Waals surface area contributed by atoms with Gasteiger partial charge in [0.15, 0.2) is 0 Å². The molecule has 2 rings (SSSR count). The van der Waals surface area contributed by atoms with E-state index >= 15 is 0 Å². The Balaban J connectivity index is 2.23. The first kappa shape index (κ1) is 27.4. The van der Waals surface area contributed by atoms with Crippen LogP contribution in [0.2, 0.25) is 0 Å². The van der Waals surface area contributed by atoms with Crippen molar-refractivity contribution < 1.29 is 19.1 Å². The van der Waals surface area contributed by atoms with Gasteiger partial charge in [0.05, 0.1) is 0 Å². The maximum absolute atomic E-state index is 11.9. The zero-order valence-electron chi connectivity index (χ0n) is 21.9. The summed E-state index contributed by atoms with van der Waals surface area (Å²) in [6.45, 7) is 13.5. The highest BCUT2D eigenvalue weighted by Crippen LogP contribution is 2.41. The molecule has 184 valence electrons. The molecule has 0 aromatic heterocycles. The third-order valence-electron chi connectivity index (χ3n) is 6.11. The lowest BCUT2D eigenvalue weighted by molar-refractivity contribution is -0.133. The number of allylic oxidation sites excluding steroid dienone is 4. The van der Waals surface area contributed by atoms with Gasteiger partial charge in [-0.05, 0) is 71.3 Å². The third-order valence-corrected chi connectivity index (χ3v) is 6.11. The highest BCUT2D eigenvalue weighted by molar-refractivity contribution is 5.98. The fraction of sp³-hybridized carbons (Fsp3) is 0.467. The molecule has 0 saturated heterocycles. The van der Waals surface area contributed by atoms with E-state index in [9.17, 15) is 9.59 Å². The van der Waals surface area contributed by atoms with Crippen LogP contribution in [0.25, 0.3) is 10.8 Å². The standard InChI is InChI=1S/C30H40O4/c1-20(2)12-10-13-21(3)14-11-15-22(4)18-19-26-23(5)29(33-24(6)31)27-16-8-9-17-28(27)30(26)34-25(7)32/h8-9,12,16-18,21H,10-11,13-15,19H2,1-7H3/b22-18+. The van der Waals surface area contributed by atoms with E-state index in [4.69, 9.17) is 9.47 Å². The van der Waals surface area contributed by atoms with E-state index in [1.54, 1.807) is 0 Å². The summed E-state index contributed by atoms with van der Waals surface area (Å²) < 4.78 is 11.3. The summed E-state index contributed by atoms with van der Waals surface area (Å²) in [7, 11) is 0. The minimum absolute atomic E-state index is 0.367. The first-order valence-electron chi connectivity index (χ1n) is 12.3. The molecule has 0 aliphatic heterocycles. The summed E-state index contributed by atoms with van der Waals surface area (Å²) in [4.78, 5) is 23.7. The average Bonchev–Trinajstić information content (AvgIpc) is 2.75. The zero-order chi connectivity index (χ0) is 25.3. The minimum atomic E-state index is -0.370. The van der Waals surface area contributed by atoms with Gasteiger partial charge in [-0.25, -0.2) is 0 Å². The Labute approximate surface area is 205 Å². The molecule has 0 amide bonds. The van der Waals surface area contributed by atoms with Gasteiger partial charge in [-0.2, -0.15) is 0 Å². The maximum Gasteiger partial charge on any atom is 0.308 e. The van der Waals surface area contributed by atoms with E-state index in [1.807, 2.05) is 31.2 Å². The van der Waals surface area contributed by atoms with Crippen LogP contribution in [0, 0.1) is 12.8 Å². The molecule has 0 N–H and O–H groups in total. The molecule has 2 aromatic carbocycles. The van der Waals surface area contributed by atoms with Gasteiger partial charge >= 0.3 is 11.9 Å². The molecule has 0 fully saturated rings. The molecule has 4 heteroatoms. The van der Waals surface area contributed by atoms with Crippen LogP contribution in [0.3, 0.4) is 0 Å². The van der Waals surface area contributed by atoms with Crippen LogP contribution in [0.4, 0.5) is 0 Å². The Morgan fingerprint density at radius 3 is 2.06 bits per heavy atom. The number of carbonyl (C=O) groups excluding carboxylic acids is 2. The first-order chi connectivity index (χ1) is 16.1. The van der Waals surface area contributed by atoms with E-state index < -0.39 is 0 Å². The lowest BCUT2D eigenvalue weighted by atomic mass is 9.94. The van der Waals surface area contributed by atoms with Gasteiger partial charge in [0, 0.05) is 30.2 Å². The number of fused-ring (bicyclic) bond motifs is 1. The molecule has 0 radical (unpaired) electrons. The number of hydrogen-bond donors (Lipinski definition) is 0. The lowest BCUT2D eigenvalue weighted by Gasteiger charge is -2.19. The predicted molar refractivity (Wildman–Crippen MR) is 140 cm³/mol. The minimum Gasteiger partial charge on any atom is -0.426 e. The fourth-order valence-corrected chi connectivity index (χ4v) is 4.24. The van der Waals surface area contributed by atoms with Crippen molar-refractivity contribution in [1.82, 2.24) is 0 Å². The van der Waals surface area contributed by atoms with Crippen LogP contribution >= 0.6 is 0 Å². The summed E-state index contributed by atoms with van der Waals surface area (Å²) in [6, 6.07) is 7.57. The van der Waals surface area contributed by atoms with Gasteiger partial charge < -0.3 is 9.47 Å². The van der Waals surface area contributed by atoms with Crippen LogP contribution in [-0.4, -0.2) is 11.9 Å². The van der Waals surface area contributed by atoms with Crippen LogP contribution < -0.4 is 9.47 Å². The van der Waals surface area contributed by atoms with E-state index in [0.717, 1.165) is 41.2 Å². The third kappa shape index (κ3) is 8.16. The second-order valence-electron chi connectivity index (χ2n) is 9.61. The van der Waals surface area contributed by atoms with Gasteiger partial charge in [-0.1, -0.05) is 60.9 Å². The Kier molecular flexibility index (Phi) is 10.6. The van der Waals surface area contributed by atoms with Crippen molar-refractivity contribution in [3.63, 3.8) is 0 Å². The number of esters is 2. The topological polar surface area (TPSA) is 52.6 Å². The molecule has 0 aliphatic carbocycles. The number of hydrogen-bond acceptors (Lipinski definition) is 4. The van der Waals surface area contributed by atoms with Crippen molar-refractivity contribution in [3.8, 4) is 11.5 Å². The van der Waals surface area contributed by atoms with Crippen molar-refractivity contribution >= 4 is 22.7 Å². The van der Waals surface area contributed by atoms with Crippen molar-refractivity contribution in [2.75, 3.05) is 0 Å². The molecule has 0 bridgehead atoms. The summed E-state index contributed by atoms with van der Waals surface area (Å²) >= 11 is 0. The molecular weight excluding hydrogens is 424 g/mol. The molecule has 0 aliphatic rings. The fourth-order valence-electron chi connectivity index (χ4n) is 4.24. The number of benzene rings is 2. The maximum atomic E-state index is 11.9. The summed E-state index contributed by atoms with van der Waals surface area (Å²) in [5.74, 6) is 1.06. The lowest BCUT2D eigenvalue weighted by Crippen LogP contribution is -2.09. The molecule has 2 aromatic rings. The van der Waals surface area contributed by atoms with Gasteiger partial charge in [-0.3, -0.25) is 9.59 Å². The first-order valence-corrected chi connectivity index (χ1v) is 12.3. The molecule has 0 heterocycles. The Morgan fingerprint density at radius 1 is 0.882 bits per heavy atom. The van der Waals surface area contributed by atoms with Gasteiger partial charge in [0.2, 0.25) is 0 Å². The van der Waals surface area contributed by atoms with Gasteiger partial charge in [0.25, 0.3) is 0 Å². The number of rotatable bonds is 11. The SMILES string of the molecule is CC(=O)Oc1c(C)c(C/C=C(\C)CCCC(C)CCC=C(C)C)c(OC(C)=O)c2ccccc12. The quantitative estimate of drug-likeness (QED) is 0.192. The van der Waals surface area contributed by atoms with Crippen molar-refractivity contribution in [2.45, 2.75) is 87.0 Å². The number of ether oxygens (including phenoxy) is 2. The van der Waals surface area contributed by atoms with Crippen molar-refractivity contribution in [2.24, 2.45) is 5.92 Å². The van der Waals surface area contributed by atoms with Crippen LogP contribution in [0.1, 0.15) is 84.8 Å². The average molecular weight is 465 g/mol. The largest absolute Gasteiger partial charge is 0.426 e. The molecule has 0 spiro atoms. The molecular formula is C30H40O4. The van der Waals surface area contributed by atoms with Crippen molar-refractivity contribution in [1.29, 1.82) is 0 Å². The summed E-state index contributed by atoms with van der Waals surface area (Å²) in [6.07, 6.45) is 10.9. The Morgan fingerprint density at radius 2 is 1.47 bits per heavy atom. The molecule has 34 heavy (non-hydrogen) atoms. The van der Waals surface area contributed by atoms with Crippen LogP contribution in [0.5, 0.6) is 11.5 Å². The second kappa shape index (κ2) is 13.1. The molecule has 4 nitrogen and oxygen atoms in total. The van der Waals surface area contributed by atoms with Crippen molar-refractivity contribution in [3.05, 3.63) is 58.7 Å². The smallest absolute Gasteiger partial charge is 0.308 e. The van der Waals surface area contributed by atoms with E-state index in [2.05, 4.69) is 39.8 Å². The van der Waals surface area contributed by atoms with E-state index in [1.165, 1.54) is 37.8 Å². The van der Waals surface area contributed by atoms with Gasteiger partial charge in [-0.15, -0.1) is 0 Å². The second-order valence-corrected chi connectivity index (χ2v) is 9.61. The summed E-state index contributed by atoms with van der Waals surface area (Å²) in [5.41, 5.74) is 4.40. The Hall–Kier alpha value is -2.88. The van der Waals surface area contributed by atoms with Crippen LogP contribution in [0.15, 0.2) is 47.6 Å². The predicted octanol–water partition coefficient (Wildman–Crippen LogP) is 8.04. The highest BCUT2D eigenvalue weighted by Gasteiger charge is 2.20. The van der Waals surface area contributed by atoms with E-state index in [-0.39, 0.29) is 11.9 Å². The molecule has 0 saturated carbocycles. The Bertz CT molecular complexity index is 1070. The molecule has 1 unspecified atom stereocenters. The van der Waals surface area contributed by atoms with Gasteiger partial charge in [0.1, 0.15) is 11.5 Å². The van der Waals surface area contributed by atoms with E-state index in [0.29, 0.717) is 23.8 Å². The zero-order valence-corrected chi connectivity index (χ0v) is 21.9. The normalized spacial score (nSPS) is 12.4. The monoisotopic (exact) mass is 464 g/mol.